The topological polar surface area (TPSA) is 143 Å². The van der Waals surface area contributed by atoms with Crippen molar-refractivity contribution >= 4 is 33.7 Å². The van der Waals surface area contributed by atoms with Gasteiger partial charge < -0.3 is 13.3 Å². The van der Waals surface area contributed by atoms with E-state index in [2.05, 4.69) is 50.4 Å². The van der Waals surface area contributed by atoms with Crippen LogP contribution in [0.2, 0.25) is 5.15 Å². The number of rotatable bonds is 2. The van der Waals surface area contributed by atoms with Crippen LogP contribution in [-0.2, 0) is 12.8 Å². The lowest BCUT2D eigenvalue weighted by atomic mass is 9.96. The summed E-state index contributed by atoms with van der Waals surface area (Å²) < 4.78 is 15.3. The minimum Gasteiger partial charge on any atom is -0.452 e. The molecular weight excluding hydrogens is 640 g/mol. The number of hydrogen-bond acceptors (Lipinski definition) is 11. The first-order valence-electron chi connectivity index (χ1n) is 15.7. The van der Waals surface area contributed by atoms with Gasteiger partial charge in [-0.05, 0) is 107 Å². The molecule has 8 aromatic heterocycles. The molecule has 1 aliphatic carbocycles. The highest BCUT2D eigenvalue weighted by Gasteiger charge is 2.14. The van der Waals surface area contributed by atoms with Crippen molar-refractivity contribution in [2.24, 2.45) is 0 Å². The molecule has 0 spiro atoms. The summed E-state index contributed by atoms with van der Waals surface area (Å²) in [5, 5.41) is 0.505. The van der Waals surface area contributed by atoms with Crippen LogP contribution in [0.15, 0.2) is 111 Å². The number of pyridine rings is 5. The van der Waals surface area contributed by atoms with Gasteiger partial charge in [0.1, 0.15) is 35.3 Å². The molecule has 12 heteroatoms. The molecule has 0 amide bonds. The maximum absolute atomic E-state index is 5.68. The van der Waals surface area contributed by atoms with Gasteiger partial charge in [0.25, 0.3) is 0 Å². The third-order valence-corrected chi connectivity index (χ3v) is 7.50. The summed E-state index contributed by atoms with van der Waals surface area (Å²) in [6.45, 7) is 5.69. The fourth-order valence-electron chi connectivity index (χ4n) is 4.93. The van der Waals surface area contributed by atoms with Crippen molar-refractivity contribution in [2.75, 3.05) is 0 Å². The number of hydrogen-bond donors (Lipinski definition) is 0. The summed E-state index contributed by atoms with van der Waals surface area (Å²) in [5.41, 5.74) is 10.3. The molecule has 11 nitrogen and oxygen atoms in total. The Bertz CT molecular complexity index is 2270. The monoisotopic (exact) mass is 672 g/mol. The minimum absolute atomic E-state index is 0.505. The highest BCUT2D eigenvalue weighted by molar-refractivity contribution is 6.29. The van der Waals surface area contributed by atoms with Crippen LogP contribution in [0.1, 0.15) is 41.2 Å². The van der Waals surface area contributed by atoms with Crippen molar-refractivity contribution in [1.82, 2.24) is 39.9 Å². The summed E-state index contributed by atoms with van der Waals surface area (Å²) in [4.78, 5) is 33.8. The normalized spacial score (nSPS) is 11.8. The molecule has 0 saturated carbocycles. The lowest BCUT2D eigenvalue weighted by Gasteiger charge is -2.14. The molecular formula is C37H33ClN8O3. The summed E-state index contributed by atoms with van der Waals surface area (Å²) >= 11 is 5.68. The Morgan fingerprint density at radius 1 is 0.551 bits per heavy atom. The van der Waals surface area contributed by atoms with Gasteiger partial charge in [0.2, 0.25) is 11.8 Å². The Labute approximate surface area is 287 Å². The van der Waals surface area contributed by atoms with Gasteiger partial charge in [0.05, 0.1) is 39.1 Å². The standard InChI is InChI=1S/C13H14N2O.C12H9N3O.C8H5ClN2.C4H5NO/c1-9-8-16-13(14-9)12-7-6-10-4-2-3-5-11(10)15-12;1-8-7-16-12(14-8)11-5-4-9-10(15-11)3-2-6-13-9;9-8-4-3-6-7(11-8)2-1-5-10-6;1-4-2-6-3-5-4/h6-8H,2-5H2,1H3;2-7H,1H3;1-5H;2-3H,1H3. The van der Waals surface area contributed by atoms with Gasteiger partial charge in [-0.3, -0.25) is 9.97 Å². The van der Waals surface area contributed by atoms with Crippen molar-refractivity contribution in [3.63, 3.8) is 0 Å². The first-order valence-corrected chi connectivity index (χ1v) is 16.1. The number of nitrogens with zero attached hydrogens (tertiary/aromatic N) is 8. The second-order valence-electron chi connectivity index (χ2n) is 11.1. The van der Waals surface area contributed by atoms with Crippen molar-refractivity contribution in [3.05, 3.63) is 132 Å². The Morgan fingerprint density at radius 3 is 1.76 bits per heavy atom. The molecule has 0 fully saturated rings. The fourth-order valence-corrected chi connectivity index (χ4v) is 5.08. The first-order chi connectivity index (χ1) is 23.9. The minimum atomic E-state index is 0.505. The predicted molar refractivity (Wildman–Crippen MR) is 187 cm³/mol. The van der Waals surface area contributed by atoms with E-state index in [9.17, 15) is 0 Å². The van der Waals surface area contributed by atoms with Gasteiger partial charge >= 0.3 is 0 Å². The molecule has 0 bridgehead atoms. The SMILES string of the molecule is Cc1coc(-c2ccc3c(n2)CCCC3)n1.Cc1coc(-c2ccc3ncccc3n2)n1.Cc1cocn1.Clc1ccc2ncccc2n1. The summed E-state index contributed by atoms with van der Waals surface area (Å²) in [7, 11) is 0. The van der Waals surface area contributed by atoms with Gasteiger partial charge in [0.15, 0.2) is 6.39 Å². The molecule has 8 heterocycles. The molecule has 0 radical (unpaired) electrons. The van der Waals surface area contributed by atoms with Crippen LogP contribution >= 0.6 is 11.6 Å². The molecule has 8 aromatic rings. The van der Waals surface area contributed by atoms with Crippen molar-refractivity contribution in [2.45, 2.75) is 46.5 Å². The van der Waals surface area contributed by atoms with Crippen LogP contribution in [-0.4, -0.2) is 39.9 Å². The third kappa shape index (κ3) is 8.96. The van der Waals surface area contributed by atoms with Crippen molar-refractivity contribution in [1.29, 1.82) is 0 Å². The molecule has 246 valence electrons. The zero-order chi connectivity index (χ0) is 34.0. The molecule has 0 aromatic carbocycles. The van der Waals surface area contributed by atoms with E-state index in [-0.39, 0.29) is 0 Å². The second-order valence-corrected chi connectivity index (χ2v) is 11.5. The predicted octanol–water partition coefficient (Wildman–Crippen LogP) is 8.78. The average molecular weight is 673 g/mol. The molecule has 1 aliphatic rings. The largest absolute Gasteiger partial charge is 0.452 e. The molecule has 49 heavy (non-hydrogen) atoms. The number of fused-ring (bicyclic) bond motifs is 3. The van der Waals surface area contributed by atoms with Gasteiger partial charge in [-0.2, -0.15) is 0 Å². The number of aromatic nitrogens is 8. The Morgan fingerprint density at radius 2 is 1.16 bits per heavy atom. The Balaban J connectivity index is 0.000000119. The van der Waals surface area contributed by atoms with Crippen LogP contribution in [0.5, 0.6) is 0 Å². The molecule has 0 atom stereocenters. The third-order valence-electron chi connectivity index (χ3n) is 7.29. The Kier molecular flexibility index (Phi) is 10.7. The fraction of sp³-hybridized carbons (Fsp3) is 0.189. The van der Waals surface area contributed by atoms with Gasteiger partial charge in [0, 0.05) is 18.1 Å². The molecule has 0 aliphatic heterocycles. The van der Waals surface area contributed by atoms with E-state index in [1.54, 1.807) is 37.2 Å². The maximum Gasteiger partial charge on any atom is 0.245 e. The van der Waals surface area contributed by atoms with E-state index >= 15 is 0 Å². The summed E-state index contributed by atoms with van der Waals surface area (Å²) in [5.74, 6) is 1.18. The average Bonchev–Trinajstić information content (AvgIpc) is 3.91. The van der Waals surface area contributed by atoms with Crippen molar-refractivity contribution in [3.8, 4) is 23.2 Å². The quantitative estimate of drug-likeness (QED) is 0.163. The highest BCUT2D eigenvalue weighted by atomic mass is 35.5. The highest BCUT2D eigenvalue weighted by Crippen LogP contribution is 2.24. The molecule has 0 saturated heterocycles. The second kappa shape index (κ2) is 15.9. The summed E-state index contributed by atoms with van der Waals surface area (Å²) in [6.07, 6.45) is 14.5. The van der Waals surface area contributed by atoms with E-state index in [1.165, 1.54) is 30.5 Å². The molecule has 0 N–H and O–H groups in total. The first kappa shape index (κ1) is 33.1. The Hall–Kier alpha value is -5.81. The van der Waals surface area contributed by atoms with E-state index in [0.29, 0.717) is 16.9 Å². The van der Waals surface area contributed by atoms with E-state index in [4.69, 9.17) is 20.4 Å². The lowest BCUT2D eigenvalue weighted by Crippen LogP contribution is -2.05. The zero-order valence-electron chi connectivity index (χ0n) is 27.2. The van der Waals surface area contributed by atoms with Crippen LogP contribution < -0.4 is 0 Å². The van der Waals surface area contributed by atoms with E-state index < -0.39 is 0 Å². The number of aryl methyl sites for hydroxylation is 5. The van der Waals surface area contributed by atoms with Crippen LogP contribution in [0.25, 0.3) is 45.2 Å². The number of oxazole rings is 3. The molecule has 9 rings (SSSR count). The smallest absolute Gasteiger partial charge is 0.245 e. The van der Waals surface area contributed by atoms with Gasteiger partial charge in [-0.1, -0.05) is 17.7 Å². The van der Waals surface area contributed by atoms with E-state index in [1.807, 2.05) is 69.3 Å². The maximum atomic E-state index is 5.68. The van der Waals surface area contributed by atoms with Gasteiger partial charge in [-0.15, -0.1) is 0 Å². The van der Waals surface area contributed by atoms with E-state index in [0.717, 1.165) is 63.4 Å². The lowest BCUT2D eigenvalue weighted by molar-refractivity contribution is 0.557. The molecule has 0 unspecified atom stereocenters. The zero-order valence-corrected chi connectivity index (χ0v) is 28.0. The van der Waals surface area contributed by atoms with Gasteiger partial charge in [-0.25, -0.2) is 29.9 Å². The van der Waals surface area contributed by atoms with Crippen molar-refractivity contribution < 1.29 is 13.3 Å². The van der Waals surface area contributed by atoms with Crippen LogP contribution in [0.4, 0.5) is 0 Å². The summed E-state index contributed by atoms with van der Waals surface area (Å²) in [6, 6.07) is 19.0. The van der Waals surface area contributed by atoms with Crippen LogP contribution in [0.3, 0.4) is 0 Å². The van der Waals surface area contributed by atoms with Crippen LogP contribution in [0, 0.1) is 20.8 Å². The number of halogens is 1.